The van der Waals surface area contributed by atoms with Crippen LogP contribution in [0.4, 0.5) is 0 Å². The highest BCUT2D eigenvalue weighted by Crippen LogP contribution is 1.98. The zero-order valence-electron chi connectivity index (χ0n) is 8.45. The number of hydrogen-bond donors (Lipinski definition) is 1. The molecule has 1 aliphatic heterocycles. The molecule has 1 aromatic carbocycles. The molecule has 0 aromatic heterocycles. The monoisotopic (exact) mass is 201 g/mol. The van der Waals surface area contributed by atoms with Crippen molar-refractivity contribution in [3.63, 3.8) is 0 Å². The first-order valence-corrected chi connectivity index (χ1v) is 4.65. The quantitative estimate of drug-likeness (QED) is 0.700. The number of nitrogens with one attached hydrogen (secondary N) is 1. The lowest BCUT2D eigenvalue weighted by Crippen LogP contribution is -2.35. The molecule has 1 aliphatic rings. The number of amides is 1. The number of carbonyl (C=O) groups is 1. The van der Waals surface area contributed by atoms with Crippen molar-refractivity contribution in [1.82, 2.24) is 5.32 Å². The minimum absolute atomic E-state index is 0.240. The van der Waals surface area contributed by atoms with E-state index in [1.54, 1.807) is 19.2 Å². The van der Waals surface area contributed by atoms with E-state index in [9.17, 15) is 4.79 Å². The Morgan fingerprint density at radius 3 is 2.93 bits per heavy atom. The van der Waals surface area contributed by atoms with Gasteiger partial charge in [0, 0.05) is 0 Å². The van der Waals surface area contributed by atoms with Crippen molar-refractivity contribution in [2.75, 3.05) is 13.6 Å². The van der Waals surface area contributed by atoms with Gasteiger partial charge in [0.25, 0.3) is 5.91 Å². The second-order valence-corrected chi connectivity index (χ2v) is 3.29. The smallest absolute Gasteiger partial charge is 0.280 e. The van der Waals surface area contributed by atoms with Crippen molar-refractivity contribution in [2.45, 2.75) is 0 Å². The molecule has 1 amide bonds. The van der Waals surface area contributed by atoms with Gasteiger partial charge in [-0.1, -0.05) is 18.7 Å². The number of amidine groups is 1. The van der Waals surface area contributed by atoms with Crippen LogP contribution in [-0.2, 0) is 0 Å². The van der Waals surface area contributed by atoms with E-state index in [0.29, 0.717) is 23.3 Å². The SMILES string of the molecule is C=c1cccc2c1=NC(CNC)=NC2=O. The molecule has 0 spiro atoms. The van der Waals surface area contributed by atoms with E-state index in [4.69, 9.17) is 0 Å². The number of hydrogen-bond acceptors (Lipinski definition) is 3. The average Bonchev–Trinajstić information content (AvgIpc) is 2.20. The summed E-state index contributed by atoms with van der Waals surface area (Å²) in [6.45, 7) is 4.33. The van der Waals surface area contributed by atoms with Gasteiger partial charge < -0.3 is 5.32 Å². The summed E-state index contributed by atoms with van der Waals surface area (Å²) in [5.41, 5.74) is 0.530. The van der Waals surface area contributed by atoms with Gasteiger partial charge in [0.2, 0.25) is 0 Å². The minimum atomic E-state index is -0.240. The van der Waals surface area contributed by atoms with E-state index < -0.39 is 0 Å². The minimum Gasteiger partial charge on any atom is -0.313 e. The van der Waals surface area contributed by atoms with E-state index in [-0.39, 0.29) is 5.91 Å². The number of carbonyl (C=O) groups excluding carboxylic acids is 1. The van der Waals surface area contributed by atoms with E-state index in [0.717, 1.165) is 5.22 Å². The maximum atomic E-state index is 11.6. The largest absolute Gasteiger partial charge is 0.313 e. The summed E-state index contributed by atoms with van der Waals surface area (Å²) < 4.78 is 0. The van der Waals surface area contributed by atoms with Gasteiger partial charge in [-0.3, -0.25) is 4.79 Å². The molecule has 0 radical (unpaired) electrons. The van der Waals surface area contributed by atoms with Crippen molar-refractivity contribution in [3.8, 4) is 0 Å². The molecule has 15 heavy (non-hydrogen) atoms. The first kappa shape index (κ1) is 9.73. The van der Waals surface area contributed by atoms with Crippen molar-refractivity contribution >= 4 is 18.3 Å². The fraction of sp³-hybridized carbons (Fsp3) is 0.182. The summed E-state index contributed by atoms with van der Waals surface area (Å²) in [5.74, 6) is 0.266. The highest BCUT2D eigenvalue weighted by molar-refractivity contribution is 6.06. The normalized spacial score (nSPS) is 14.2. The van der Waals surface area contributed by atoms with Crippen LogP contribution in [0.3, 0.4) is 0 Å². The molecule has 0 unspecified atom stereocenters. The highest BCUT2D eigenvalue weighted by atomic mass is 16.1. The van der Waals surface area contributed by atoms with E-state index in [2.05, 4.69) is 21.9 Å². The standard InChI is InChI=1S/C11H11N3O/c1-7-4-3-5-8-10(7)13-9(6-12-2)14-11(8)15/h3-5,12H,1,6H2,2H3. The van der Waals surface area contributed by atoms with Crippen LogP contribution in [-0.4, -0.2) is 25.3 Å². The average molecular weight is 201 g/mol. The number of para-hydroxylation sites is 1. The number of nitrogens with zero attached hydrogens (tertiary/aromatic N) is 2. The Bertz CT molecular complexity index is 545. The van der Waals surface area contributed by atoms with Gasteiger partial charge in [0.1, 0.15) is 5.84 Å². The first-order valence-electron chi connectivity index (χ1n) is 4.65. The van der Waals surface area contributed by atoms with Crippen LogP contribution in [0.5, 0.6) is 0 Å². The maximum absolute atomic E-state index is 11.6. The first-order chi connectivity index (χ1) is 7.22. The summed E-state index contributed by atoms with van der Waals surface area (Å²) in [4.78, 5) is 19.8. The molecule has 4 heteroatoms. The van der Waals surface area contributed by atoms with Crippen LogP contribution in [0.1, 0.15) is 10.4 Å². The Balaban J connectivity index is 2.65. The molecule has 1 heterocycles. The van der Waals surface area contributed by atoms with Crippen LogP contribution >= 0.6 is 0 Å². The number of aliphatic imine (C=N–C) groups is 1. The molecule has 0 aliphatic carbocycles. The molecule has 1 aromatic rings. The van der Waals surface area contributed by atoms with Gasteiger partial charge in [-0.15, -0.1) is 0 Å². The summed E-state index contributed by atoms with van der Waals surface area (Å²) in [6, 6.07) is 5.33. The molecule has 4 nitrogen and oxygen atoms in total. The second kappa shape index (κ2) is 3.74. The van der Waals surface area contributed by atoms with Crippen molar-refractivity contribution in [2.24, 2.45) is 9.98 Å². The van der Waals surface area contributed by atoms with Crippen LogP contribution in [0, 0.1) is 0 Å². The Hall–Kier alpha value is -1.81. The number of rotatable bonds is 2. The van der Waals surface area contributed by atoms with Gasteiger partial charge in [-0.2, -0.15) is 4.99 Å². The van der Waals surface area contributed by atoms with Crippen LogP contribution in [0.2, 0.25) is 0 Å². The molecule has 1 N–H and O–H groups in total. The van der Waals surface area contributed by atoms with Crippen molar-refractivity contribution in [1.29, 1.82) is 0 Å². The predicted octanol–water partition coefficient (Wildman–Crippen LogP) is -0.512. The van der Waals surface area contributed by atoms with Gasteiger partial charge >= 0.3 is 0 Å². The third-order valence-electron chi connectivity index (χ3n) is 2.16. The Morgan fingerprint density at radius 2 is 2.20 bits per heavy atom. The molecular weight excluding hydrogens is 190 g/mol. The van der Waals surface area contributed by atoms with Gasteiger partial charge in [0.15, 0.2) is 0 Å². The fourth-order valence-electron chi connectivity index (χ4n) is 1.46. The zero-order valence-corrected chi connectivity index (χ0v) is 8.45. The Kier molecular flexibility index (Phi) is 2.43. The molecule has 0 saturated heterocycles. The predicted molar refractivity (Wildman–Crippen MR) is 58.4 cm³/mol. The van der Waals surface area contributed by atoms with Gasteiger partial charge in [0.05, 0.1) is 17.5 Å². The van der Waals surface area contributed by atoms with E-state index in [1.807, 2.05) is 6.07 Å². The van der Waals surface area contributed by atoms with Gasteiger partial charge in [-0.05, 0) is 18.3 Å². The topological polar surface area (TPSA) is 53.8 Å². The molecule has 2 rings (SSSR count). The molecular formula is C11H11N3O. The summed E-state index contributed by atoms with van der Waals surface area (Å²) in [7, 11) is 1.79. The van der Waals surface area contributed by atoms with Crippen LogP contribution in [0.15, 0.2) is 28.2 Å². The van der Waals surface area contributed by atoms with E-state index >= 15 is 0 Å². The Labute approximate surface area is 87.1 Å². The lowest BCUT2D eigenvalue weighted by Gasteiger charge is -2.06. The lowest BCUT2D eigenvalue weighted by atomic mass is 10.1. The molecule has 0 saturated carbocycles. The van der Waals surface area contributed by atoms with E-state index in [1.165, 1.54) is 0 Å². The highest BCUT2D eigenvalue weighted by Gasteiger charge is 2.13. The maximum Gasteiger partial charge on any atom is 0.280 e. The third-order valence-corrected chi connectivity index (χ3v) is 2.16. The summed E-state index contributed by atoms with van der Waals surface area (Å²) >= 11 is 0. The van der Waals surface area contributed by atoms with Gasteiger partial charge in [-0.25, -0.2) is 4.99 Å². The fourth-order valence-corrected chi connectivity index (χ4v) is 1.46. The molecule has 0 bridgehead atoms. The summed E-state index contributed by atoms with van der Waals surface area (Å²) in [6.07, 6.45) is 0. The van der Waals surface area contributed by atoms with Crippen molar-refractivity contribution in [3.05, 3.63) is 34.3 Å². The number of likely N-dealkylation sites (N-methyl/N-ethyl adjacent to an activating group) is 1. The lowest BCUT2D eigenvalue weighted by molar-refractivity contribution is 0.1000. The number of benzene rings is 1. The Morgan fingerprint density at radius 1 is 1.40 bits per heavy atom. The van der Waals surface area contributed by atoms with Crippen molar-refractivity contribution < 1.29 is 4.79 Å². The molecule has 0 atom stereocenters. The molecule has 0 fully saturated rings. The second-order valence-electron chi connectivity index (χ2n) is 3.29. The third kappa shape index (κ3) is 1.71. The number of fused-ring (bicyclic) bond motifs is 1. The van der Waals surface area contributed by atoms with Crippen LogP contribution < -0.4 is 15.9 Å². The zero-order chi connectivity index (χ0) is 10.8. The molecule has 76 valence electrons. The van der Waals surface area contributed by atoms with Crippen LogP contribution in [0.25, 0.3) is 6.58 Å². The summed E-state index contributed by atoms with van der Waals surface area (Å²) in [5, 5.41) is 4.31.